The lowest BCUT2D eigenvalue weighted by molar-refractivity contribution is -0.143. The summed E-state index contributed by atoms with van der Waals surface area (Å²) in [5.41, 5.74) is 1.84. The number of urea groups is 1. The van der Waals surface area contributed by atoms with Gasteiger partial charge in [0.15, 0.2) is 6.61 Å². The van der Waals surface area contributed by atoms with Gasteiger partial charge in [-0.1, -0.05) is 37.3 Å². The molecule has 2 aromatic rings. The van der Waals surface area contributed by atoms with Gasteiger partial charge in [-0.15, -0.1) is 0 Å². The first-order valence-electron chi connectivity index (χ1n) is 8.55. The van der Waals surface area contributed by atoms with Crippen LogP contribution in [0.25, 0.3) is 6.08 Å². The van der Waals surface area contributed by atoms with E-state index < -0.39 is 24.5 Å². The van der Waals surface area contributed by atoms with Crippen LogP contribution in [-0.2, 0) is 20.9 Å². The van der Waals surface area contributed by atoms with E-state index >= 15 is 0 Å². The van der Waals surface area contributed by atoms with Crippen molar-refractivity contribution in [3.8, 4) is 0 Å². The summed E-state index contributed by atoms with van der Waals surface area (Å²) in [7, 11) is 0. The zero-order valence-corrected chi connectivity index (χ0v) is 15.1. The molecule has 0 saturated carbocycles. The van der Waals surface area contributed by atoms with Crippen LogP contribution in [0.5, 0.6) is 0 Å². The summed E-state index contributed by atoms with van der Waals surface area (Å²) in [5.74, 6) is -1.38. The average molecular weight is 370 g/mol. The molecule has 0 spiro atoms. The first kappa shape index (κ1) is 19.9. The molecule has 1 aromatic heterocycles. The van der Waals surface area contributed by atoms with Gasteiger partial charge in [0.05, 0.1) is 12.7 Å². The van der Waals surface area contributed by atoms with E-state index in [4.69, 9.17) is 4.74 Å². The Bertz CT molecular complexity index is 799. The third kappa shape index (κ3) is 7.55. The maximum atomic E-state index is 11.7. The smallest absolute Gasteiger partial charge is 0.331 e. The van der Waals surface area contributed by atoms with Crippen molar-refractivity contribution in [2.24, 2.45) is 0 Å². The van der Waals surface area contributed by atoms with E-state index in [0.29, 0.717) is 13.1 Å². The molecule has 8 nitrogen and oxygen atoms in total. The number of carbonyl (C=O) groups excluding carboxylic acids is 3. The zero-order chi connectivity index (χ0) is 19.5. The highest BCUT2D eigenvalue weighted by atomic mass is 16.5. The van der Waals surface area contributed by atoms with Crippen molar-refractivity contribution < 1.29 is 19.1 Å². The van der Waals surface area contributed by atoms with Crippen molar-refractivity contribution in [1.29, 1.82) is 0 Å². The highest BCUT2D eigenvalue weighted by Crippen LogP contribution is 2.05. The predicted octanol–water partition coefficient (Wildman–Crippen LogP) is 1.72. The number of nitrogens with zero attached hydrogens (tertiary/aromatic N) is 2. The second kappa shape index (κ2) is 10.5. The quantitative estimate of drug-likeness (QED) is 0.544. The molecule has 0 fully saturated rings. The minimum atomic E-state index is -0.693. The fourth-order valence-electron chi connectivity index (χ4n) is 2.12. The van der Waals surface area contributed by atoms with Gasteiger partial charge in [-0.3, -0.25) is 14.8 Å². The molecule has 3 amide bonds. The average Bonchev–Trinajstić information content (AvgIpc) is 3.11. The van der Waals surface area contributed by atoms with E-state index in [2.05, 4.69) is 15.7 Å². The van der Waals surface area contributed by atoms with Gasteiger partial charge in [-0.25, -0.2) is 9.59 Å². The molecule has 1 aromatic carbocycles. The van der Waals surface area contributed by atoms with E-state index in [0.717, 1.165) is 17.5 Å². The summed E-state index contributed by atoms with van der Waals surface area (Å²) in [6.45, 7) is 2.44. The monoisotopic (exact) mass is 370 g/mol. The molecule has 0 aliphatic rings. The fourth-order valence-corrected chi connectivity index (χ4v) is 2.12. The molecule has 0 saturated heterocycles. The summed E-state index contributed by atoms with van der Waals surface area (Å²) in [4.78, 5) is 34.4. The molecule has 2 N–H and O–H groups in total. The summed E-state index contributed by atoms with van der Waals surface area (Å²) in [5, 5.41) is 8.77. The van der Waals surface area contributed by atoms with E-state index in [-0.39, 0.29) is 0 Å². The number of nitrogens with one attached hydrogen (secondary N) is 2. The topological polar surface area (TPSA) is 102 Å². The molecule has 0 unspecified atom stereocenters. The van der Waals surface area contributed by atoms with Crippen molar-refractivity contribution >= 4 is 24.0 Å². The number of rotatable bonds is 8. The van der Waals surface area contributed by atoms with Crippen LogP contribution in [0.15, 0.2) is 48.8 Å². The molecular weight excluding hydrogens is 348 g/mol. The van der Waals surface area contributed by atoms with E-state index in [1.165, 1.54) is 6.08 Å². The SMILES string of the molecule is CCCNC(=O)NC(=O)COC(=O)/C=C/c1cnn(Cc2ccccc2)c1. The number of ether oxygens (including phenoxy) is 1. The van der Waals surface area contributed by atoms with Crippen LogP contribution >= 0.6 is 0 Å². The van der Waals surface area contributed by atoms with Crippen LogP contribution < -0.4 is 10.6 Å². The molecule has 0 aliphatic carbocycles. The maximum Gasteiger partial charge on any atom is 0.331 e. The Kier molecular flexibility index (Phi) is 7.77. The van der Waals surface area contributed by atoms with Gasteiger partial charge in [0.1, 0.15) is 0 Å². The normalized spacial score (nSPS) is 10.6. The summed E-state index contributed by atoms with van der Waals surface area (Å²) in [6.07, 6.45) is 6.92. The fraction of sp³-hybridized carbons (Fsp3) is 0.263. The van der Waals surface area contributed by atoms with Crippen molar-refractivity contribution in [1.82, 2.24) is 20.4 Å². The molecule has 27 heavy (non-hydrogen) atoms. The summed E-state index contributed by atoms with van der Waals surface area (Å²) < 4.78 is 6.54. The Hall–Kier alpha value is -3.42. The van der Waals surface area contributed by atoms with Crippen LogP contribution in [0, 0.1) is 0 Å². The van der Waals surface area contributed by atoms with Gasteiger partial charge in [0.2, 0.25) is 0 Å². The maximum absolute atomic E-state index is 11.7. The van der Waals surface area contributed by atoms with Crippen molar-refractivity contribution in [3.05, 3.63) is 59.9 Å². The Labute approximate surface area is 157 Å². The Balaban J connectivity index is 1.74. The lowest BCUT2D eigenvalue weighted by Crippen LogP contribution is -2.41. The van der Waals surface area contributed by atoms with E-state index in [1.807, 2.05) is 37.3 Å². The minimum Gasteiger partial charge on any atom is -0.452 e. The lowest BCUT2D eigenvalue weighted by atomic mass is 10.2. The molecule has 142 valence electrons. The van der Waals surface area contributed by atoms with Crippen molar-refractivity contribution in [3.63, 3.8) is 0 Å². The molecule has 8 heteroatoms. The van der Waals surface area contributed by atoms with Gasteiger partial charge < -0.3 is 10.1 Å². The predicted molar refractivity (Wildman–Crippen MR) is 99.6 cm³/mol. The second-order valence-corrected chi connectivity index (χ2v) is 5.70. The third-order valence-corrected chi connectivity index (χ3v) is 3.39. The number of imide groups is 1. The standard InChI is InChI=1S/C19H22N4O4/c1-2-10-20-19(26)22-17(24)14-27-18(25)9-8-16-11-21-23(13-16)12-15-6-4-3-5-7-15/h3-9,11,13H,2,10,12,14H2,1H3,(H2,20,22,24,26)/b9-8+. The Morgan fingerprint density at radius 3 is 2.74 bits per heavy atom. The number of hydrogen-bond acceptors (Lipinski definition) is 5. The largest absolute Gasteiger partial charge is 0.452 e. The van der Waals surface area contributed by atoms with Crippen LogP contribution in [-0.4, -0.2) is 40.8 Å². The third-order valence-electron chi connectivity index (χ3n) is 3.39. The number of benzene rings is 1. The van der Waals surface area contributed by atoms with Gasteiger partial charge >= 0.3 is 12.0 Å². The van der Waals surface area contributed by atoms with Crippen molar-refractivity contribution in [2.75, 3.05) is 13.2 Å². The molecule has 0 bridgehead atoms. The molecule has 0 aliphatic heterocycles. The summed E-state index contributed by atoms with van der Waals surface area (Å²) in [6, 6.07) is 9.26. The lowest BCUT2D eigenvalue weighted by Gasteiger charge is -2.05. The van der Waals surface area contributed by atoms with Crippen LogP contribution in [0.4, 0.5) is 4.79 Å². The Morgan fingerprint density at radius 2 is 2.00 bits per heavy atom. The van der Waals surface area contributed by atoms with Crippen LogP contribution in [0.1, 0.15) is 24.5 Å². The van der Waals surface area contributed by atoms with Gasteiger partial charge in [-0.05, 0) is 18.1 Å². The van der Waals surface area contributed by atoms with E-state index in [9.17, 15) is 14.4 Å². The van der Waals surface area contributed by atoms with Crippen molar-refractivity contribution in [2.45, 2.75) is 19.9 Å². The zero-order valence-electron chi connectivity index (χ0n) is 15.1. The first-order valence-corrected chi connectivity index (χ1v) is 8.55. The second-order valence-electron chi connectivity index (χ2n) is 5.70. The molecule has 1 heterocycles. The van der Waals surface area contributed by atoms with Gasteiger partial charge in [0.25, 0.3) is 5.91 Å². The van der Waals surface area contributed by atoms with Crippen LogP contribution in [0.2, 0.25) is 0 Å². The minimum absolute atomic E-state index is 0.458. The number of esters is 1. The molecular formula is C19H22N4O4. The first-order chi connectivity index (χ1) is 13.1. The van der Waals surface area contributed by atoms with Gasteiger partial charge in [0, 0.05) is 24.4 Å². The summed E-state index contributed by atoms with van der Waals surface area (Å²) >= 11 is 0. The number of aromatic nitrogens is 2. The van der Waals surface area contributed by atoms with Crippen LogP contribution in [0.3, 0.4) is 0 Å². The Morgan fingerprint density at radius 1 is 1.22 bits per heavy atom. The number of carbonyl (C=O) groups is 3. The molecule has 0 radical (unpaired) electrons. The number of amides is 3. The highest BCUT2D eigenvalue weighted by molar-refractivity contribution is 5.96. The van der Waals surface area contributed by atoms with E-state index in [1.54, 1.807) is 23.2 Å². The molecule has 0 atom stereocenters. The number of hydrogen-bond donors (Lipinski definition) is 2. The highest BCUT2D eigenvalue weighted by Gasteiger charge is 2.09. The molecule has 2 rings (SSSR count). The van der Waals surface area contributed by atoms with Gasteiger partial charge in [-0.2, -0.15) is 5.10 Å².